The van der Waals surface area contributed by atoms with Gasteiger partial charge in [-0.2, -0.15) is 0 Å². The van der Waals surface area contributed by atoms with Gasteiger partial charge >= 0.3 is 0 Å². The zero-order chi connectivity index (χ0) is 14.7. The van der Waals surface area contributed by atoms with Gasteiger partial charge in [0.05, 0.1) is 6.54 Å². The van der Waals surface area contributed by atoms with Crippen LogP contribution in [0, 0.1) is 12.8 Å². The molecule has 1 aromatic heterocycles. The van der Waals surface area contributed by atoms with E-state index in [9.17, 15) is 0 Å². The zero-order valence-electron chi connectivity index (χ0n) is 12.7. The topological polar surface area (TPSA) is 54.2 Å². The summed E-state index contributed by atoms with van der Waals surface area (Å²) in [6, 6.07) is 8.57. The summed E-state index contributed by atoms with van der Waals surface area (Å²) >= 11 is 0. The van der Waals surface area contributed by atoms with E-state index in [2.05, 4.69) is 51.6 Å². The summed E-state index contributed by atoms with van der Waals surface area (Å²) in [5.41, 5.74) is 2.38. The maximum absolute atomic E-state index is 5.34. The van der Waals surface area contributed by atoms with Crippen LogP contribution in [0.2, 0.25) is 0 Å². The molecule has 0 radical (unpaired) electrons. The van der Waals surface area contributed by atoms with Gasteiger partial charge < -0.3 is 14.6 Å². The van der Waals surface area contributed by atoms with Gasteiger partial charge in [-0.25, -0.2) is 0 Å². The van der Waals surface area contributed by atoms with Crippen LogP contribution in [0.4, 0.5) is 11.4 Å². The van der Waals surface area contributed by atoms with Crippen LogP contribution in [0.3, 0.4) is 0 Å². The quantitative estimate of drug-likeness (QED) is 0.935. The Morgan fingerprint density at radius 1 is 1.19 bits per heavy atom. The number of aryl methyl sites for hydroxylation is 1. The molecule has 2 heterocycles. The first-order valence-electron chi connectivity index (χ1n) is 7.58. The molecule has 0 spiro atoms. The van der Waals surface area contributed by atoms with E-state index in [1.807, 2.05) is 0 Å². The molecule has 5 nitrogen and oxygen atoms in total. The molecule has 1 fully saturated rings. The molecule has 0 bridgehead atoms. The normalized spacial score (nSPS) is 16.2. The number of rotatable bonds is 4. The Balaban J connectivity index is 1.56. The molecule has 1 aliphatic heterocycles. The fourth-order valence-corrected chi connectivity index (χ4v) is 2.64. The third-order valence-corrected chi connectivity index (χ3v) is 4.03. The molecule has 3 rings (SSSR count). The molecule has 5 heteroatoms. The van der Waals surface area contributed by atoms with Crippen LogP contribution in [0.1, 0.15) is 31.5 Å². The molecule has 0 saturated carbocycles. The van der Waals surface area contributed by atoms with Crippen molar-refractivity contribution >= 4 is 11.4 Å². The van der Waals surface area contributed by atoms with Crippen LogP contribution in [-0.2, 0) is 6.54 Å². The van der Waals surface area contributed by atoms with Crippen molar-refractivity contribution in [3.05, 3.63) is 36.0 Å². The summed E-state index contributed by atoms with van der Waals surface area (Å²) in [6.45, 7) is 7.01. The van der Waals surface area contributed by atoms with Gasteiger partial charge in [-0.05, 0) is 43.0 Å². The minimum atomic E-state index is 0.557. The van der Waals surface area contributed by atoms with Gasteiger partial charge in [0, 0.05) is 31.4 Å². The Bertz CT molecular complexity index is 570. The van der Waals surface area contributed by atoms with Crippen LogP contribution in [0.5, 0.6) is 0 Å². The maximum Gasteiger partial charge on any atom is 0.235 e. The first-order chi connectivity index (χ1) is 10.2. The second-order valence-corrected chi connectivity index (χ2v) is 5.78. The summed E-state index contributed by atoms with van der Waals surface area (Å²) in [5, 5.41) is 11.1. The van der Waals surface area contributed by atoms with E-state index < -0.39 is 0 Å². The van der Waals surface area contributed by atoms with Crippen LogP contribution in [0.15, 0.2) is 28.7 Å². The van der Waals surface area contributed by atoms with Crippen molar-refractivity contribution in [3.8, 4) is 0 Å². The first kappa shape index (κ1) is 13.9. The molecule has 21 heavy (non-hydrogen) atoms. The number of piperidine rings is 1. The average molecular weight is 286 g/mol. The van der Waals surface area contributed by atoms with E-state index >= 15 is 0 Å². The summed E-state index contributed by atoms with van der Waals surface area (Å²) < 4.78 is 5.34. The number of nitrogens with zero attached hydrogens (tertiary/aromatic N) is 3. The predicted octanol–water partition coefficient (Wildman–Crippen LogP) is 3.23. The molecule has 1 aromatic carbocycles. The van der Waals surface area contributed by atoms with Crippen LogP contribution in [0.25, 0.3) is 0 Å². The van der Waals surface area contributed by atoms with Gasteiger partial charge in [0.25, 0.3) is 0 Å². The van der Waals surface area contributed by atoms with Gasteiger partial charge in [0.2, 0.25) is 11.8 Å². The SMILES string of the molecule is Cc1nnc(CNc2ccc(N3CCC(C)CC3)cc2)o1. The number of hydrogen-bond acceptors (Lipinski definition) is 5. The van der Waals surface area contributed by atoms with Crippen LogP contribution in [-0.4, -0.2) is 23.3 Å². The Hall–Kier alpha value is -2.04. The molecule has 0 unspecified atom stereocenters. The Morgan fingerprint density at radius 3 is 2.52 bits per heavy atom. The zero-order valence-corrected chi connectivity index (χ0v) is 12.7. The highest BCUT2D eigenvalue weighted by atomic mass is 16.4. The molecule has 1 saturated heterocycles. The monoisotopic (exact) mass is 286 g/mol. The van der Waals surface area contributed by atoms with Crippen molar-refractivity contribution in [1.82, 2.24) is 10.2 Å². The third kappa shape index (κ3) is 3.54. The minimum Gasteiger partial charge on any atom is -0.424 e. The number of aromatic nitrogens is 2. The average Bonchev–Trinajstić information content (AvgIpc) is 2.92. The molecule has 2 aromatic rings. The van der Waals surface area contributed by atoms with Gasteiger partial charge in [-0.15, -0.1) is 10.2 Å². The van der Waals surface area contributed by atoms with Gasteiger partial charge in [0.1, 0.15) is 0 Å². The second kappa shape index (κ2) is 6.16. The summed E-state index contributed by atoms with van der Waals surface area (Å²) in [6.07, 6.45) is 2.58. The van der Waals surface area contributed by atoms with Crippen molar-refractivity contribution < 1.29 is 4.42 Å². The molecule has 1 N–H and O–H groups in total. The van der Waals surface area contributed by atoms with E-state index in [0.29, 0.717) is 18.3 Å². The molecular formula is C16H22N4O. The lowest BCUT2D eigenvalue weighted by atomic mass is 9.99. The summed E-state index contributed by atoms with van der Waals surface area (Å²) in [4.78, 5) is 2.46. The molecule has 0 amide bonds. The van der Waals surface area contributed by atoms with Gasteiger partial charge in [0.15, 0.2) is 0 Å². The van der Waals surface area contributed by atoms with Crippen molar-refractivity contribution in [2.45, 2.75) is 33.2 Å². The number of hydrogen-bond donors (Lipinski definition) is 1. The highest BCUT2D eigenvalue weighted by molar-refractivity contribution is 5.55. The van der Waals surface area contributed by atoms with E-state index in [1.54, 1.807) is 6.92 Å². The van der Waals surface area contributed by atoms with Gasteiger partial charge in [-0.3, -0.25) is 0 Å². The highest BCUT2D eigenvalue weighted by Gasteiger charge is 2.15. The Labute approximate surface area is 125 Å². The van der Waals surface area contributed by atoms with Crippen molar-refractivity contribution in [1.29, 1.82) is 0 Å². The number of anilines is 2. The molecule has 112 valence electrons. The van der Waals surface area contributed by atoms with Crippen LogP contribution < -0.4 is 10.2 Å². The lowest BCUT2D eigenvalue weighted by molar-refractivity contribution is 0.438. The summed E-state index contributed by atoms with van der Waals surface area (Å²) in [5.74, 6) is 2.07. The first-order valence-corrected chi connectivity index (χ1v) is 7.58. The fraction of sp³-hybridized carbons (Fsp3) is 0.500. The number of benzene rings is 1. The van der Waals surface area contributed by atoms with Crippen molar-refractivity contribution in [2.75, 3.05) is 23.3 Å². The van der Waals surface area contributed by atoms with Crippen LogP contribution >= 0.6 is 0 Å². The Morgan fingerprint density at radius 2 is 1.90 bits per heavy atom. The maximum atomic E-state index is 5.34. The van der Waals surface area contributed by atoms with Crippen molar-refractivity contribution in [2.24, 2.45) is 5.92 Å². The Kier molecular flexibility index (Phi) is 4.08. The predicted molar refractivity (Wildman–Crippen MR) is 83.4 cm³/mol. The third-order valence-electron chi connectivity index (χ3n) is 4.03. The molecule has 0 atom stereocenters. The second-order valence-electron chi connectivity index (χ2n) is 5.78. The van der Waals surface area contributed by atoms with Crippen molar-refractivity contribution in [3.63, 3.8) is 0 Å². The van der Waals surface area contributed by atoms with E-state index in [1.165, 1.54) is 18.5 Å². The van der Waals surface area contributed by atoms with E-state index in [-0.39, 0.29) is 0 Å². The standard InChI is InChI=1S/C16H22N4O/c1-12-7-9-20(10-8-12)15-5-3-14(4-6-15)17-11-16-19-18-13(2)21-16/h3-6,12,17H,7-11H2,1-2H3. The molecule has 1 aliphatic rings. The van der Waals surface area contributed by atoms with E-state index in [0.717, 1.165) is 24.7 Å². The van der Waals surface area contributed by atoms with E-state index in [4.69, 9.17) is 4.42 Å². The lowest BCUT2D eigenvalue weighted by Crippen LogP contribution is -2.32. The molecular weight excluding hydrogens is 264 g/mol. The minimum absolute atomic E-state index is 0.557. The molecule has 0 aliphatic carbocycles. The smallest absolute Gasteiger partial charge is 0.235 e. The number of nitrogens with one attached hydrogen (secondary N) is 1. The fourth-order valence-electron chi connectivity index (χ4n) is 2.64. The lowest BCUT2D eigenvalue weighted by Gasteiger charge is -2.32. The largest absolute Gasteiger partial charge is 0.424 e. The highest BCUT2D eigenvalue weighted by Crippen LogP contribution is 2.24. The summed E-state index contributed by atoms with van der Waals surface area (Å²) in [7, 11) is 0. The van der Waals surface area contributed by atoms with Gasteiger partial charge in [-0.1, -0.05) is 6.92 Å².